The maximum Gasteiger partial charge on any atom is 0.141 e. The Hall–Kier alpha value is -1.55. The van der Waals surface area contributed by atoms with Crippen LogP contribution in [0.1, 0.15) is 0 Å². The largest absolute Gasteiger partial charge is 0.361 e. The summed E-state index contributed by atoms with van der Waals surface area (Å²) in [6.45, 7) is 0. The number of aryl methyl sites for hydroxylation is 1. The molecule has 0 fully saturated rings. The minimum absolute atomic E-state index is 0.860. The number of H-pyrrole nitrogens is 1. The van der Waals surface area contributed by atoms with Crippen molar-refractivity contribution >= 4 is 26.8 Å². The fourth-order valence-corrected chi connectivity index (χ4v) is 2.37. The first-order valence-corrected chi connectivity index (χ1v) is 5.80. The molecule has 16 heavy (non-hydrogen) atoms. The van der Waals surface area contributed by atoms with Crippen LogP contribution < -0.4 is 0 Å². The number of hydrogen-bond acceptors (Lipinski definition) is 1. The third-order valence-corrected chi connectivity index (χ3v) is 3.04. The Morgan fingerprint density at radius 3 is 2.94 bits per heavy atom. The molecule has 0 amide bonds. The van der Waals surface area contributed by atoms with Gasteiger partial charge in [-0.3, -0.25) is 0 Å². The van der Waals surface area contributed by atoms with Gasteiger partial charge in [0, 0.05) is 35.9 Å². The molecule has 3 aromatic rings. The molecule has 0 aliphatic rings. The number of aromatic nitrogens is 3. The van der Waals surface area contributed by atoms with E-state index in [1.54, 1.807) is 0 Å². The molecule has 0 radical (unpaired) electrons. The Kier molecular flexibility index (Phi) is 2.11. The smallest absolute Gasteiger partial charge is 0.141 e. The third kappa shape index (κ3) is 1.46. The molecule has 80 valence electrons. The summed E-state index contributed by atoms with van der Waals surface area (Å²) in [5.41, 5.74) is 2.28. The summed E-state index contributed by atoms with van der Waals surface area (Å²) in [6.07, 6.45) is 3.90. The molecule has 0 atom stereocenters. The summed E-state index contributed by atoms with van der Waals surface area (Å²) in [4.78, 5) is 7.62. The quantitative estimate of drug-likeness (QED) is 0.726. The molecule has 3 nitrogen and oxygen atoms in total. The van der Waals surface area contributed by atoms with Crippen LogP contribution in [-0.2, 0) is 7.05 Å². The Bertz CT molecular complexity index is 651. The van der Waals surface area contributed by atoms with Gasteiger partial charge >= 0.3 is 0 Å². The normalized spacial score (nSPS) is 11.1. The first-order valence-electron chi connectivity index (χ1n) is 5.00. The number of nitrogens with one attached hydrogen (secondary N) is 1. The van der Waals surface area contributed by atoms with E-state index in [1.165, 1.54) is 5.39 Å². The number of aromatic amines is 1. The van der Waals surface area contributed by atoms with E-state index in [0.717, 1.165) is 21.5 Å². The molecule has 1 N–H and O–H groups in total. The van der Waals surface area contributed by atoms with E-state index in [-0.39, 0.29) is 0 Å². The summed E-state index contributed by atoms with van der Waals surface area (Å²) < 4.78 is 2.87. The van der Waals surface area contributed by atoms with Crippen molar-refractivity contribution in [3.8, 4) is 11.4 Å². The van der Waals surface area contributed by atoms with Crippen LogP contribution in [0.15, 0.2) is 41.3 Å². The molecular formula is C12H10BrN3. The van der Waals surface area contributed by atoms with Gasteiger partial charge in [-0.25, -0.2) is 4.98 Å². The fraction of sp³-hybridized carbons (Fsp3) is 0.0833. The van der Waals surface area contributed by atoms with Crippen molar-refractivity contribution in [2.24, 2.45) is 7.05 Å². The molecule has 2 heterocycles. The van der Waals surface area contributed by atoms with Crippen LogP contribution in [0.25, 0.3) is 22.3 Å². The Labute approximate surface area is 101 Å². The minimum Gasteiger partial charge on any atom is -0.361 e. The number of rotatable bonds is 1. The Morgan fingerprint density at radius 2 is 2.19 bits per heavy atom. The van der Waals surface area contributed by atoms with Gasteiger partial charge in [0.25, 0.3) is 0 Å². The monoisotopic (exact) mass is 275 g/mol. The van der Waals surface area contributed by atoms with Crippen LogP contribution in [0.3, 0.4) is 0 Å². The van der Waals surface area contributed by atoms with Crippen molar-refractivity contribution in [1.29, 1.82) is 0 Å². The number of benzene rings is 1. The second-order valence-electron chi connectivity index (χ2n) is 3.78. The average molecular weight is 276 g/mol. The number of hydrogen-bond donors (Lipinski definition) is 1. The standard InChI is InChI=1S/C12H10BrN3/c1-16-7-11(13)15-12(16)9-2-3-10-8(6-9)4-5-14-10/h2-7,14H,1H3. The van der Waals surface area contributed by atoms with E-state index < -0.39 is 0 Å². The predicted molar refractivity (Wildman–Crippen MR) is 68.2 cm³/mol. The Morgan fingerprint density at radius 1 is 1.31 bits per heavy atom. The van der Waals surface area contributed by atoms with Crippen LogP contribution in [0.4, 0.5) is 0 Å². The minimum atomic E-state index is 0.860. The maximum absolute atomic E-state index is 4.44. The molecule has 0 spiro atoms. The van der Waals surface area contributed by atoms with E-state index in [0.29, 0.717) is 0 Å². The number of nitrogens with zero attached hydrogens (tertiary/aromatic N) is 2. The lowest BCUT2D eigenvalue weighted by Crippen LogP contribution is -1.90. The molecule has 0 aliphatic heterocycles. The summed E-state index contributed by atoms with van der Waals surface area (Å²) in [7, 11) is 1.99. The molecular weight excluding hydrogens is 266 g/mol. The van der Waals surface area contributed by atoms with Crippen molar-refractivity contribution in [1.82, 2.24) is 14.5 Å². The average Bonchev–Trinajstić information content (AvgIpc) is 2.83. The predicted octanol–water partition coefficient (Wildman–Crippen LogP) is 3.33. The van der Waals surface area contributed by atoms with Gasteiger partial charge in [0.05, 0.1) is 0 Å². The maximum atomic E-state index is 4.44. The van der Waals surface area contributed by atoms with Gasteiger partial charge in [0.2, 0.25) is 0 Å². The zero-order valence-corrected chi connectivity index (χ0v) is 10.3. The van der Waals surface area contributed by atoms with E-state index in [9.17, 15) is 0 Å². The van der Waals surface area contributed by atoms with E-state index in [4.69, 9.17) is 0 Å². The molecule has 0 saturated carbocycles. The van der Waals surface area contributed by atoms with Crippen LogP contribution in [0.2, 0.25) is 0 Å². The first kappa shape index (κ1) is 9.66. The molecule has 0 saturated heterocycles. The molecule has 0 aliphatic carbocycles. The van der Waals surface area contributed by atoms with Gasteiger partial charge in [0.15, 0.2) is 0 Å². The second kappa shape index (κ2) is 3.49. The van der Waals surface area contributed by atoms with Gasteiger partial charge in [0.1, 0.15) is 10.4 Å². The molecule has 1 aromatic carbocycles. The van der Waals surface area contributed by atoms with Crippen LogP contribution >= 0.6 is 15.9 Å². The van der Waals surface area contributed by atoms with E-state index >= 15 is 0 Å². The lowest BCUT2D eigenvalue weighted by atomic mass is 10.1. The highest BCUT2D eigenvalue weighted by Crippen LogP contribution is 2.24. The fourth-order valence-electron chi connectivity index (χ4n) is 1.89. The summed E-state index contributed by atoms with van der Waals surface area (Å²) in [5.74, 6) is 0.968. The Balaban J connectivity index is 2.21. The molecule has 2 aromatic heterocycles. The van der Waals surface area contributed by atoms with Crippen molar-refractivity contribution in [3.05, 3.63) is 41.3 Å². The van der Waals surface area contributed by atoms with Gasteiger partial charge in [-0.1, -0.05) is 0 Å². The zero-order valence-electron chi connectivity index (χ0n) is 8.74. The summed E-state index contributed by atoms with van der Waals surface area (Å²) in [5, 5.41) is 1.21. The van der Waals surface area contributed by atoms with Crippen LogP contribution in [-0.4, -0.2) is 14.5 Å². The SMILES string of the molecule is Cn1cc(Br)nc1-c1ccc2[nH]ccc2c1. The van der Waals surface area contributed by atoms with Crippen molar-refractivity contribution in [2.45, 2.75) is 0 Å². The van der Waals surface area contributed by atoms with E-state index in [2.05, 4.69) is 50.2 Å². The molecule has 3 rings (SSSR count). The molecule has 4 heteroatoms. The van der Waals surface area contributed by atoms with E-state index in [1.807, 2.05) is 24.0 Å². The number of fused-ring (bicyclic) bond motifs is 1. The van der Waals surface area contributed by atoms with Crippen LogP contribution in [0.5, 0.6) is 0 Å². The van der Waals surface area contributed by atoms with Gasteiger partial charge in [-0.2, -0.15) is 0 Å². The van der Waals surface area contributed by atoms with Gasteiger partial charge in [-0.05, 0) is 40.2 Å². The third-order valence-electron chi connectivity index (χ3n) is 2.66. The molecule has 0 unspecified atom stereocenters. The lowest BCUT2D eigenvalue weighted by molar-refractivity contribution is 0.925. The topological polar surface area (TPSA) is 33.6 Å². The van der Waals surface area contributed by atoms with Crippen LogP contribution in [0, 0.1) is 0 Å². The zero-order chi connectivity index (χ0) is 11.1. The highest BCUT2D eigenvalue weighted by Gasteiger charge is 2.06. The first-order chi connectivity index (χ1) is 7.74. The highest BCUT2D eigenvalue weighted by atomic mass is 79.9. The van der Waals surface area contributed by atoms with Crippen molar-refractivity contribution in [3.63, 3.8) is 0 Å². The number of imidazole rings is 1. The van der Waals surface area contributed by atoms with Crippen molar-refractivity contribution < 1.29 is 0 Å². The second-order valence-corrected chi connectivity index (χ2v) is 4.59. The lowest BCUT2D eigenvalue weighted by Gasteiger charge is -2.01. The number of halogens is 1. The highest BCUT2D eigenvalue weighted by molar-refractivity contribution is 9.10. The summed E-state index contributed by atoms with van der Waals surface area (Å²) in [6, 6.07) is 8.36. The van der Waals surface area contributed by atoms with Crippen molar-refractivity contribution in [2.75, 3.05) is 0 Å². The van der Waals surface area contributed by atoms with Gasteiger partial charge < -0.3 is 9.55 Å². The summed E-state index contributed by atoms with van der Waals surface area (Å²) >= 11 is 3.38. The molecule has 0 bridgehead atoms. The van der Waals surface area contributed by atoms with Gasteiger partial charge in [-0.15, -0.1) is 0 Å².